The Bertz CT molecular complexity index is 335. The summed E-state index contributed by atoms with van der Waals surface area (Å²) in [6, 6.07) is 9.18. The SMILES string of the molecule is CCNC(C)c1ccccc1SC(C)C(C)C. The molecule has 0 heterocycles. The highest BCUT2D eigenvalue weighted by Gasteiger charge is 2.14. The van der Waals surface area contributed by atoms with Crippen LogP contribution in [0.1, 0.15) is 46.2 Å². The van der Waals surface area contributed by atoms with Gasteiger partial charge in [-0.05, 0) is 31.0 Å². The molecule has 0 aliphatic heterocycles. The van der Waals surface area contributed by atoms with Crippen LogP contribution in [0.3, 0.4) is 0 Å². The van der Waals surface area contributed by atoms with Gasteiger partial charge >= 0.3 is 0 Å². The average Bonchev–Trinajstić information content (AvgIpc) is 2.29. The van der Waals surface area contributed by atoms with Gasteiger partial charge in [-0.1, -0.05) is 45.9 Å². The third-order valence-electron chi connectivity index (χ3n) is 3.15. The lowest BCUT2D eigenvalue weighted by Gasteiger charge is -2.20. The van der Waals surface area contributed by atoms with Crippen molar-refractivity contribution in [1.82, 2.24) is 5.32 Å². The second kappa shape index (κ2) is 7.07. The normalized spacial score (nSPS) is 14.9. The number of benzene rings is 1. The van der Waals surface area contributed by atoms with Gasteiger partial charge in [0.2, 0.25) is 0 Å². The predicted octanol–water partition coefficient (Wildman–Crippen LogP) is 4.49. The largest absolute Gasteiger partial charge is 0.310 e. The summed E-state index contributed by atoms with van der Waals surface area (Å²) in [5.41, 5.74) is 1.42. The molecule has 0 radical (unpaired) electrons. The molecule has 1 rings (SSSR count). The minimum Gasteiger partial charge on any atom is -0.310 e. The molecule has 0 bridgehead atoms. The van der Waals surface area contributed by atoms with Gasteiger partial charge in [0.1, 0.15) is 0 Å². The van der Waals surface area contributed by atoms with E-state index in [0.29, 0.717) is 17.2 Å². The topological polar surface area (TPSA) is 12.0 Å². The molecule has 0 fully saturated rings. The van der Waals surface area contributed by atoms with E-state index < -0.39 is 0 Å². The molecule has 17 heavy (non-hydrogen) atoms. The molecule has 2 unspecified atom stereocenters. The Balaban J connectivity index is 2.84. The van der Waals surface area contributed by atoms with Gasteiger partial charge in [-0.3, -0.25) is 0 Å². The first kappa shape index (κ1) is 14.6. The standard InChI is InChI=1S/C15H25NS/c1-6-16-12(4)14-9-7-8-10-15(14)17-13(5)11(2)3/h7-13,16H,6H2,1-5H3. The van der Waals surface area contributed by atoms with E-state index in [1.807, 2.05) is 11.8 Å². The van der Waals surface area contributed by atoms with Gasteiger partial charge in [-0.25, -0.2) is 0 Å². The van der Waals surface area contributed by atoms with Crippen molar-refractivity contribution in [3.8, 4) is 0 Å². The number of hydrogen-bond donors (Lipinski definition) is 1. The highest BCUT2D eigenvalue weighted by molar-refractivity contribution is 8.00. The zero-order valence-electron chi connectivity index (χ0n) is 11.7. The minimum absolute atomic E-state index is 0.433. The van der Waals surface area contributed by atoms with Crippen LogP contribution in [0.25, 0.3) is 0 Å². The van der Waals surface area contributed by atoms with E-state index in [1.54, 1.807) is 0 Å². The van der Waals surface area contributed by atoms with Gasteiger partial charge in [-0.15, -0.1) is 11.8 Å². The quantitative estimate of drug-likeness (QED) is 0.747. The Hall–Kier alpha value is -0.470. The van der Waals surface area contributed by atoms with E-state index in [0.717, 1.165) is 6.54 Å². The van der Waals surface area contributed by atoms with E-state index in [4.69, 9.17) is 0 Å². The molecule has 0 aliphatic carbocycles. The van der Waals surface area contributed by atoms with Crippen LogP contribution < -0.4 is 5.32 Å². The Morgan fingerprint density at radius 2 is 1.76 bits per heavy atom. The van der Waals surface area contributed by atoms with Gasteiger partial charge < -0.3 is 5.32 Å². The fourth-order valence-electron chi connectivity index (χ4n) is 1.70. The summed E-state index contributed by atoms with van der Waals surface area (Å²) in [5, 5.41) is 4.15. The zero-order valence-corrected chi connectivity index (χ0v) is 12.5. The predicted molar refractivity (Wildman–Crippen MR) is 78.7 cm³/mol. The van der Waals surface area contributed by atoms with Gasteiger partial charge in [0.15, 0.2) is 0 Å². The molecular weight excluding hydrogens is 226 g/mol. The van der Waals surface area contributed by atoms with Crippen LogP contribution in [-0.4, -0.2) is 11.8 Å². The maximum atomic E-state index is 3.49. The molecule has 0 aromatic heterocycles. The summed E-state index contributed by atoms with van der Waals surface area (Å²) in [7, 11) is 0. The smallest absolute Gasteiger partial charge is 0.0302 e. The van der Waals surface area contributed by atoms with E-state index in [-0.39, 0.29) is 0 Å². The van der Waals surface area contributed by atoms with Crippen molar-refractivity contribution >= 4 is 11.8 Å². The van der Waals surface area contributed by atoms with Gasteiger partial charge in [0, 0.05) is 16.2 Å². The molecule has 0 aliphatic rings. The summed E-state index contributed by atoms with van der Waals surface area (Å²) in [6.45, 7) is 12.3. The first-order valence-corrected chi connectivity index (χ1v) is 7.43. The molecular formula is C15H25NS. The van der Waals surface area contributed by atoms with Crippen molar-refractivity contribution in [2.75, 3.05) is 6.54 Å². The summed E-state index contributed by atoms with van der Waals surface area (Å²) >= 11 is 1.99. The van der Waals surface area contributed by atoms with Gasteiger partial charge in [0.05, 0.1) is 0 Å². The van der Waals surface area contributed by atoms with Crippen LogP contribution in [0, 0.1) is 5.92 Å². The van der Waals surface area contributed by atoms with E-state index in [1.165, 1.54) is 10.5 Å². The van der Waals surface area contributed by atoms with Crippen LogP contribution in [-0.2, 0) is 0 Å². The summed E-state index contributed by atoms with van der Waals surface area (Å²) < 4.78 is 0. The lowest BCUT2D eigenvalue weighted by Crippen LogP contribution is -2.18. The minimum atomic E-state index is 0.433. The molecule has 1 N–H and O–H groups in total. The fourth-order valence-corrected chi connectivity index (χ4v) is 2.91. The van der Waals surface area contributed by atoms with Crippen molar-refractivity contribution in [1.29, 1.82) is 0 Å². The Morgan fingerprint density at radius 1 is 1.12 bits per heavy atom. The average molecular weight is 251 g/mol. The summed E-state index contributed by atoms with van der Waals surface area (Å²) in [6.07, 6.45) is 0. The van der Waals surface area contributed by atoms with E-state index in [9.17, 15) is 0 Å². The first-order chi connectivity index (χ1) is 8.06. The molecule has 1 aromatic carbocycles. The maximum Gasteiger partial charge on any atom is 0.0302 e. The lowest BCUT2D eigenvalue weighted by molar-refractivity contribution is 0.588. The molecule has 2 atom stereocenters. The van der Waals surface area contributed by atoms with Crippen molar-refractivity contribution in [2.45, 2.75) is 50.8 Å². The summed E-state index contributed by atoms with van der Waals surface area (Å²) in [5.74, 6) is 0.711. The van der Waals surface area contributed by atoms with Crippen LogP contribution in [0.4, 0.5) is 0 Å². The Labute approximate surface area is 110 Å². The number of nitrogens with one attached hydrogen (secondary N) is 1. The van der Waals surface area contributed by atoms with E-state index in [2.05, 4.69) is 64.2 Å². The van der Waals surface area contributed by atoms with Crippen LogP contribution in [0.15, 0.2) is 29.2 Å². The molecule has 0 saturated carbocycles. The second-order valence-corrected chi connectivity index (χ2v) is 6.30. The Kier molecular flexibility index (Phi) is 6.07. The van der Waals surface area contributed by atoms with E-state index >= 15 is 0 Å². The summed E-state index contributed by atoms with van der Waals surface area (Å²) in [4.78, 5) is 1.42. The monoisotopic (exact) mass is 251 g/mol. The van der Waals surface area contributed by atoms with Gasteiger partial charge in [-0.2, -0.15) is 0 Å². The molecule has 0 amide bonds. The van der Waals surface area contributed by atoms with Crippen molar-refractivity contribution in [3.63, 3.8) is 0 Å². The number of rotatable bonds is 6. The third kappa shape index (κ3) is 4.36. The molecule has 1 nitrogen and oxygen atoms in total. The van der Waals surface area contributed by atoms with Gasteiger partial charge in [0.25, 0.3) is 0 Å². The molecule has 2 heteroatoms. The molecule has 1 aromatic rings. The third-order valence-corrected chi connectivity index (χ3v) is 4.69. The van der Waals surface area contributed by atoms with Crippen molar-refractivity contribution < 1.29 is 0 Å². The molecule has 0 saturated heterocycles. The zero-order chi connectivity index (χ0) is 12.8. The maximum absolute atomic E-state index is 3.49. The Morgan fingerprint density at radius 3 is 2.35 bits per heavy atom. The van der Waals surface area contributed by atoms with Crippen LogP contribution in [0.5, 0.6) is 0 Å². The number of thioether (sulfide) groups is 1. The second-order valence-electron chi connectivity index (χ2n) is 4.88. The lowest BCUT2D eigenvalue weighted by atomic mass is 10.1. The fraction of sp³-hybridized carbons (Fsp3) is 0.600. The first-order valence-electron chi connectivity index (χ1n) is 6.55. The highest BCUT2D eigenvalue weighted by atomic mass is 32.2. The molecule has 96 valence electrons. The van der Waals surface area contributed by atoms with Crippen LogP contribution in [0.2, 0.25) is 0 Å². The number of hydrogen-bond acceptors (Lipinski definition) is 2. The van der Waals surface area contributed by atoms with Crippen molar-refractivity contribution in [3.05, 3.63) is 29.8 Å². The highest BCUT2D eigenvalue weighted by Crippen LogP contribution is 2.33. The molecule has 0 spiro atoms. The van der Waals surface area contributed by atoms with Crippen molar-refractivity contribution in [2.24, 2.45) is 5.92 Å². The van der Waals surface area contributed by atoms with Crippen LogP contribution >= 0.6 is 11.8 Å².